The van der Waals surface area contributed by atoms with Crippen molar-refractivity contribution in [1.29, 1.82) is 0 Å². The van der Waals surface area contributed by atoms with Crippen molar-refractivity contribution in [3.05, 3.63) is 29.0 Å². The van der Waals surface area contributed by atoms with Crippen LogP contribution in [0.15, 0.2) is 18.2 Å². The van der Waals surface area contributed by atoms with E-state index in [1.807, 2.05) is 0 Å². The van der Waals surface area contributed by atoms with Gasteiger partial charge in [0.15, 0.2) is 0 Å². The third-order valence-electron chi connectivity index (χ3n) is 3.46. The van der Waals surface area contributed by atoms with Gasteiger partial charge < -0.3 is 5.32 Å². The molecule has 1 atom stereocenters. The minimum absolute atomic E-state index is 0.0191. The number of halogens is 4. The summed E-state index contributed by atoms with van der Waals surface area (Å²) in [5.41, 5.74) is -1.65. The Morgan fingerprint density at radius 3 is 2.74 bits per heavy atom. The van der Waals surface area contributed by atoms with Crippen LogP contribution in [0.4, 0.5) is 17.6 Å². The third-order valence-corrected chi connectivity index (χ3v) is 4.70. The van der Waals surface area contributed by atoms with Gasteiger partial charge in [-0.1, -0.05) is 0 Å². The van der Waals surface area contributed by atoms with Crippen molar-refractivity contribution in [3.8, 4) is 0 Å². The molecule has 19 heavy (non-hydrogen) atoms. The van der Waals surface area contributed by atoms with E-state index < -0.39 is 17.4 Å². The SMILES string of the molecule is Fc1ccc2sc(C3(C(F)(F)F)CCNC3)nc2c1. The highest BCUT2D eigenvalue weighted by molar-refractivity contribution is 7.18. The maximum atomic E-state index is 13.4. The van der Waals surface area contributed by atoms with Crippen LogP contribution in [0.1, 0.15) is 11.4 Å². The highest BCUT2D eigenvalue weighted by Gasteiger charge is 2.59. The Morgan fingerprint density at radius 2 is 2.11 bits per heavy atom. The van der Waals surface area contributed by atoms with Gasteiger partial charge in [0.2, 0.25) is 0 Å². The number of nitrogens with one attached hydrogen (secondary N) is 1. The van der Waals surface area contributed by atoms with E-state index in [0.717, 1.165) is 11.3 Å². The number of aromatic nitrogens is 1. The number of hydrogen-bond donors (Lipinski definition) is 1. The molecule has 1 saturated heterocycles. The Labute approximate surface area is 110 Å². The lowest BCUT2D eigenvalue weighted by Crippen LogP contribution is -2.44. The largest absolute Gasteiger partial charge is 0.402 e. The van der Waals surface area contributed by atoms with Crippen LogP contribution in [0.2, 0.25) is 0 Å². The molecule has 2 heterocycles. The third kappa shape index (κ3) is 1.92. The molecule has 2 aromatic rings. The van der Waals surface area contributed by atoms with E-state index in [4.69, 9.17) is 0 Å². The quantitative estimate of drug-likeness (QED) is 0.816. The van der Waals surface area contributed by atoms with Gasteiger partial charge in [0.25, 0.3) is 0 Å². The molecule has 2 nitrogen and oxygen atoms in total. The van der Waals surface area contributed by atoms with E-state index in [1.165, 1.54) is 18.2 Å². The molecular formula is C12H10F4N2S. The van der Waals surface area contributed by atoms with E-state index in [0.29, 0.717) is 11.2 Å². The topological polar surface area (TPSA) is 24.9 Å². The predicted molar refractivity (Wildman–Crippen MR) is 64.8 cm³/mol. The number of alkyl halides is 3. The summed E-state index contributed by atoms with van der Waals surface area (Å²) in [6.45, 7) is 0.141. The lowest BCUT2D eigenvalue weighted by molar-refractivity contribution is -0.184. The average molecular weight is 290 g/mol. The molecule has 7 heteroatoms. The first-order valence-corrected chi connectivity index (χ1v) is 6.58. The maximum Gasteiger partial charge on any atom is 0.402 e. The average Bonchev–Trinajstić information content (AvgIpc) is 2.93. The molecule has 0 aliphatic carbocycles. The molecule has 0 amide bonds. The minimum Gasteiger partial charge on any atom is -0.315 e. The minimum atomic E-state index is -4.36. The summed E-state index contributed by atoms with van der Waals surface area (Å²) in [5, 5.41) is 2.77. The fourth-order valence-electron chi connectivity index (χ4n) is 2.34. The van der Waals surface area contributed by atoms with Crippen LogP contribution in [0, 0.1) is 5.82 Å². The highest BCUT2D eigenvalue weighted by atomic mass is 32.1. The highest BCUT2D eigenvalue weighted by Crippen LogP contribution is 2.47. The van der Waals surface area contributed by atoms with E-state index in [9.17, 15) is 17.6 Å². The molecule has 1 aromatic heterocycles. The molecule has 1 fully saturated rings. The first-order chi connectivity index (χ1) is 8.92. The van der Waals surface area contributed by atoms with Gasteiger partial charge in [-0.2, -0.15) is 13.2 Å². The lowest BCUT2D eigenvalue weighted by atomic mass is 9.87. The summed E-state index contributed by atoms with van der Waals surface area (Å²) in [7, 11) is 0. The number of thiazole rings is 1. The molecule has 0 spiro atoms. The Hall–Kier alpha value is -1.21. The fourth-order valence-corrected chi connectivity index (χ4v) is 3.53. The van der Waals surface area contributed by atoms with Gasteiger partial charge in [0.05, 0.1) is 10.2 Å². The first-order valence-electron chi connectivity index (χ1n) is 5.76. The molecule has 1 aliphatic rings. The van der Waals surface area contributed by atoms with Crippen molar-refractivity contribution in [1.82, 2.24) is 10.3 Å². The van der Waals surface area contributed by atoms with Crippen molar-refractivity contribution in [2.45, 2.75) is 18.0 Å². The van der Waals surface area contributed by atoms with Gasteiger partial charge in [-0.25, -0.2) is 9.37 Å². The standard InChI is InChI=1S/C12H10F4N2S/c13-7-1-2-9-8(5-7)18-10(19-9)11(12(14,15)16)3-4-17-6-11/h1-2,5,17H,3-4,6H2. The second-order valence-corrected chi connectivity index (χ2v) is 5.67. The Kier molecular flexibility index (Phi) is 2.79. The zero-order valence-electron chi connectivity index (χ0n) is 9.72. The number of fused-ring (bicyclic) bond motifs is 1. The summed E-state index contributed by atoms with van der Waals surface area (Å²) < 4.78 is 53.7. The second kappa shape index (κ2) is 4.14. The Balaban J connectivity index is 2.16. The normalized spacial score (nSPS) is 24.2. The van der Waals surface area contributed by atoms with Crippen LogP contribution < -0.4 is 5.32 Å². The van der Waals surface area contributed by atoms with Crippen molar-refractivity contribution < 1.29 is 17.6 Å². The van der Waals surface area contributed by atoms with Gasteiger partial charge >= 0.3 is 6.18 Å². The van der Waals surface area contributed by atoms with E-state index in [2.05, 4.69) is 10.3 Å². The second-order valence-electron chi connectivity index (χ2n) is 4.64. The first kappa shape index (κ1) is 12.8. The van der Waals surface area contributed by atoms with Gasteiger partial charge in [-0.05, 0) is 25.1 Å². The van der Waals surface area contributed by atoms with E-state index in [-0.39, 0.29) is 23.5 Å². The summed E-state index contributed by atoms with van der Waals surface area (Å²) in [4.78, 5) is 4.01. The molecule has 1 aliphatic heterocycles. The predicted octanol–water partition coefficient (Wildman–Crippen LogP) is 3.23. The molecule has 1 aromatic carbocycles. The molecule has 102 valence electrons. The van der Waals surface area contributed by atoms with Gasteiger partial charge in [0, 0.05) is 12.6 Å². The molecule has 1 unspecified atom stereocenters. The molecule has 0 radical (unpaired) electrons. The number of hydrogen-bond acceptors (Lipinski definition) is 3. The van der Waals surface area contributed by atoms with Crippen LogP contribution in [-0.2, 0) is 5.41 Å². The van der Waals surface area contributed by atoms with E-state index >= 15 is 0 Å². The summed E-state index contributed by atoms with van der Waals surface area (Å²) in [6.07, 6.45) is -4.39. The number of benzene rings is 1. The number of rotatable bonds is 1. The van der Waals surface area contributed by atoms with Crippen LogP contribution in [-0.4, -0.2) is 24.2 Å². The zero-order chi connectivity index (χ0) is 13.7. The van der Waals surface area contributed by atoms with Crippen LogP contribution in [0.3, 0.4) is 0 Å². The van der Waals surface area contributed by atoms with Crippen molar-refractivity contribution in [3.63, 3.8) is 0 Å². The van der Waals surface area contributed by atoms with Crippen LogP contribution in [0.5, 0.6) is 0 Å². The Morgan fingerprint density at radius 1 is 1.32 bits per heavy atom. The summed E-state index contributed by atoms with van der Waals surface area (Å²) in [5.74, 6) is -0.491. The van der Waals surface area contributed by atoms with Gasteiger partial charge in [-0.3, -0.25) is 0 Å². The fraction of sp³-hybridized carbons (Fsp3) is 0.417. The van der Waals surface area contributed by atoms with Gasteiger partial charge in [-0.15, -0.1) is 11.3 Å². The molecular weight excluding hydrogens is 280 g/mol. The molecule has 0 saturated carbocycles. The molecule has 3 rings (SSSR count). The maximum absolute atomic E-state index is 13.4. The summed E-state index contributed by atoms with van der Waals surface area (Å²) in [6, 6.07) is 3.87. The summed E-state index contributed by atoms with van der Waals surface area (Å²) >= 11 is 0.991. The van der Waals surface area contributed by atoms with Crippen LogP contribution >= 0.6 is 11.3 Å². The zero-order valence-corrected chi connectivity index (χ0v) is 10.5. The van der Waals surface area contributed by atoms with Crippen molar-refractivity contribution in [2.75, 3.05) is 13.1 Å². The monoisotopic (exact) mass is 290 g/mol. The van der Waals surface area contributed by atoms with Crippen LogP contribution in [0.25, 0.3) is 10.2 Å². The smallest absolute Gasteiger partial charge is 0.315 e. The molecule has 0 bridgehead atoms. The Bertz CT molecular complexity index is 614. The van der Waals surface area contributed by atoms with Crippen molar-refractivity contribution in [2.24, 2.45) is 0 Å². The van der Waals surface area contributed by atoms with Crippen molar-refractivity contribution >= 4 is 21.6 Å². The number of nitrogens with zero attached hydrogens (tertiary/aromatic N) is 1. The molecule has 1 N–H and O–H groups in total. The lowest BCUT2D eigenvalue weighted by Gasteiger charge is -2.28. The van der Waals surface area contributed by atoms with E-state index in [1.54, 1.807) is 0 Å². The van der Waals surface area contributed by atoms with Gasteiger partial charge in [0.1, 0.15) is 16.2 Å².